The van der Waals surface area contributed by atoms with E-state index >= 15 is 0 Å². The summed E-state index contributed by atoms with van der Waals surface area (Å²) in [7, 11) is 0. The van der Waals surface area contributed by atoms with Gasteiger partial charge in [0.25, 0.3) is 5.91 Å². The Kier molecular flexibility index (Phi) is 4.39. The van der Waals surface area contributed by atoms with Gasteiger partial charge in [-0.15, -0.1) is 11.3 Å². The molecule has 0 N–H and O–H groups in total. The van der Waals surface area contributed by atoms with Crippen molar-refractivity contribution in [2.45, 2.75) is 38.3 Å². The standard InChI is InChI=1S/C21H19BrN2O3S/c1-11-2-7-15-14(10-11)18(25)16-17(12-3-5-13(22)6-4-12)24(20(26)19(16)27-15)21-23-8-9-28-21/h3-6,8-9,11,14-15,17H,2,7,10H2,1H3. The zero-order chi connectivity index (χ0) is 19.4. The smallest absolute Gasteiger partial charge is 0.296 e. The van der Waals surface area contributed by atoms with Crippen LogP contribution in [0.4, 0.5) is 5.13 Å². The van der Waals surface area contributed by atoms with Crippen LogP contribution in [0.25, 0.3) is 0 Å². The summed E-state index contributed by atoms with van der Waals surface area (Å²) < 4.78 is 7.13. The Morgan fingerprint density at radius 3 is 2.71 bits per heavy atom. The Labute approximate surface area is 175 Å². The van der Waals surface area contributed by atoms with Crippen LogP contribution in [-0.2, 0) is 14.3 Å². The molecule has 2 aromatic rings. The van der Waals surface area contributed by atoms with Crippen LogP contribution in [0.3, 0.4) is 0 Å². The number of aromatic nitrogens is 1. The summed E-state index contributed by atoms with van der Waals surface area (Å²) in [5, 5.41) is 2.42. The van der Waals surface area contributed by atoms with E-state index in [0.29, 0.717) is 16.6 Å². The van der Waals surface area contributed by atoms with Gasteiger partial charge in [0.15, 0.2) is 16.7 Å². The number of hydrogen-bond acceptors (Lipinski definition) is 5. The van der Waals surface area contributed by atoms with Gasteiger partial charge in [-0.25, -0.2) is 4.98 Å². The molecule has 1 amide bonds. The Balaban J connectivity index is 1.64. The lowest BCUT2D eigenvalue weighted by Gasteiger charge is -2.37. The topological polar surface area (TPSA) is 59.5 Å². The molecule has 3 heterocycles. The summed E-state index contributed by atoms with van der Waals surface area (Å²) in [6.07, 6.45) is 4.15. The molecule has 1 aliphatic carbocycles. The number of benzene rings is 1. The lowest BCUT2D eigenvalue weighted by Crippen LogP contribution is -2.41. The molecule has 0 bridgehead atoms. The molecular weight excluding hydrogens is 440 g/mol. The summed E-state index contributed by atoms with van der Waals surface area (Å²) in [5.74, 6) is 0.365. The second-order valence-corrected chi connectivity index (χ2v) is 9.52. The number of Topliss-reactive ketones (excluding diaryl/α,β-unsaturated/α-hetero) is 1. The van der Waals surface area contributed by atoms with E-state index in [1.807, 2.05) is 29.6 Å². The van der Waals surface area contributed by atoms with Gasteiger partial charge < -0.3 is 4.74 Å². The fourth-order valence-corrected chi connectivity index (χ4v) is 5.50. The third-order valence-corrected chi connectivity index (χ3v) is 7.22. The van der Waals surface area contributed by atoms with E-state index in [1.54, 1.807) is 11.1 Å². The summed E-state index contributed by atoms with van der Waals surface area (Å²) in [6, 6.07) is 7.26. The monoisotopic (exact) mass is 458 g/mol. The summed E-state index contributed by atoms with van der Waals surface area (Å²) in [6.45, 7) is 2.18. The van der Waals surface area contributed by atoms with Crippen LogP contribution < -0.4 is 4.90 Å². The molecular formula is C21H19BrN2O3S. The van der Waals surface area contributed by atoms with Crippen molar-refractivity contribution in [2.75, 3.05) is 4.90 Å². The summed E-state index contributed by atoms with van der Waals surface area (Å²) in [4.78, 5) is 32.8. The van der Waals surface area contributed by atoms with Crippen molar-refractivity contribution in [3.05, 3.63) is 57.2 Å². The number of ketones is 1. The van der Waals surface area contributed by atoms with E-state index in [1.165, 1.54) is 11.3 Å². The number of anilines is 1. The minimum Gasteiger partial charge on any atom is -0.483 e. The number of rotatable bonds is 2. The van der Waals surface area contributed by atoms with Gasteiger partial charge in [-0.2, -0.15) is 0 Å². The SMILES string of the molecule is CC1CCC2OC3=C(C(=O)C2C1)C(c1ccc(Br)cc1)N(c1nccs1)C3=O. The highest BCUT2D eigenvalue weighted by Crippen LogP contribution is 2.49. The molecule has 1 fully saturated rings. The van der Waals surface area contributed by atoms with Crippen molar-refractivity contribution in [1.82, 2.24) is 4.98 Å². The fourth-order valence-electron chi connectivity index (χ4n) is 4.57. The average molecular weight is 459 g/mol. The quantitative estimate of drug-likeness (QED) is 0.656. The van der Waals surface area contributed by atoms with Gasteiger partial charge >= 0.3 is 0 Å². The van der Waals surface area contributed by atoms with Gasteiger partial charge in [0.2, 0.25) is 0 Å². The largest absolute Gasteiger partial charge is 0.483 e. The molecule has 4 unspecified atom stereocenters. The summed E-state index contributed by atoms with van der Waals surface area (Å²) in [5.41, 5.74) is 1.38. The van der Waals surface area contributed by atoms with Gasteiger partial charge in [0, 0.05) is 16.0 Å². The van der Waals surface area contributed by atoms with E-state index in [2.05, 4.69) is 27.8 Å². The van der Waals surface area contributed by atoms with Crippen LogP contribution in [0.1, 0.15) is 37.8 Å². The Bertz CT molecular complexity index is 970. The molecule has 5 rings (SSSR count). The van der Waals surface area contributed by atoms with Crippen LogP contribution in [-0.4, -0.2) is 22.8 Å². The number of halogens is 1. The lowest BCUT2D eigenvalue weighted by molar-refractivity contribution is -0.132. The second-order valence-electron chi connectivity index (χ2n) is 7.73. The highest BCUT2D eigenvalue weighted by atomic mass is 79.9. The fraction of sp³-hybridized carbons (Fsp3) is 0.381. The highest BCUT2D eigenvalue weighted by Gasteiger charge is 2.53. The number of fused-ring (bicyclic) bond motifs is 1. The predicted molar refractivity (Wildman–Crippen MR) is 110 cm³/mol. The molecule has 0 saturated heterocycles. The van der Waals surface area contributed by atoms with Crippen LogP contribution in [0.2, 0.25) is 0 Å². The Hall–Kier alpha value is -1.99. The third-order valence-electron chi connectivity index (χ3n) is 5.92. The Morgan fingerprint density at radius 2 is 2.00 bits per heavy atom. The van der Waals surface area contributed by atoms with E-state index in [0.717, 1.165) is 29.3 Å². The van der Waals surface area contributed by atoms with Crippen LogP contribution in [0.5, 0.6) is 0 Å². The van der Waals surface area contributed by atoms with Crippen molar-refractivity contribution >= 4 is 44.1 Å². The van der Waals surface area contributed by atoms with Gasteiger partial charge in [-0.1, -0.05) is 35.0 Å². The average Bonchev–Trinajstić information content (AvgIpc) is 3.30. The van der Waals surface area contributed by atoms with E-state index < -0.39 is 6.04 Å². The van der Waals surface area contributed by atoms with E-state index in [4.69, 9.17) is 4.74 Å². The molecule has 3 aliphatic rings. The van der Waals surface area contributed by atoms with Crippen molar-refractivity contribution in [3.8, 4) is 0 Å². The number of nitrogens with zero attached hydrogens (tertiary/aromatic N) is 2. The number of hydrogen-bond donors (Lipinski definition) is 0. The van der Waals surface area contributed by atoms with Gasteiger partial charge in [-0.3, -0.25) is 14.5 Å². The molecule has 5 nitrogen and oxygen atoms in total. The van der Waals surface area contributed by atoms with Crippen molar-refractivity contribution in [1.29, 1.82) is 0 Å². The summed E-state index contributed by atoms with van der Waals surface area (Å²) >= 11 is 4.85. The first-order valence-electron chi connectivity index (χ1n) is 9.48. The van der Waals surface area contributed by atoms with Crippen LogP contribution in [0.15, 0.2) is 51.6 Å². The molecule has 7 heteroatoms. The van der Waals surface area contributed by atoms with Gasteiger partial charge in [-0.05, 0) is 42.9 Å². The Morgan fingerprint density at radius 1 is 1.21 bits per heavy atom. The third kappa shape index (κ3) is 2.75. The molecule has 2 aliphatic heterocycles. The minimum absolute atomic E-state index is 0.0677. The maximum atomic E-state index is 13.6. The first-order valence-corrected chi connectivity index (χ1v) is 11.2. The molecule has 28 heavy (non-hydrogen) atoms. The first-order chi connectivity index (χ1) is 13.5. The number of ether oxygens (including phenoxy) is 1. The number of carbonyl (C=O) groups excluding carboxylic acids is 2. The molecule has 0 spiro atoms. The van der Waals surface area contributed by atoms with Crippen LogP contribution in [0, 0.1) is 11.8 Å². The van der Waals surface area contributed by atoms with Gasteiger partial charge in [0.05, 0.1) is 17.5 Å². The van der Waals surface area contributed by atoms with Crippen molar-refractivity contribution in [2.24, 2.45) is 11.8 Å². The molecule has 0 radical (unpaired) electrons. The maximum absolute atomic E-state index is 13.6. The molecule has 1 aromatic heterocycles. The van der Waals surface area contributed by atoms with Crippen molar-refractivity contribution < 1.29 is 14.3 Å². The second kappa shape index (κ2) is 6.81. The van der Waals surface area contributed by atoms with Crippen molar-refractivity contribution in [3.63, 3.8) is 0 Å². The van der Waals surface area contributed by atoms with E-state index in [9.17, 15) is 9.59 Å². The number of thiazole rings is 1. The lowest BCUT2D eigenvalue weighted by atomic mass is 9.74. The van der Waals surface area contributed by atoms with Crippen LogP contribution >= 0.6 is 27.3 Å². The molecule has 144 valence electrons. The normalized spacial score (nSPS) is 29.6. The molecule has 1 saturated carbocycles. The zero-order valence-corrected chi connectivity index (χ0v) is 17.7. The predicted octanol–water partition coefficient (Wildman–Crippen LogP) is 4.65. The first kappa shape index (κ1) is 18.1. The highest BCUT2D eigenvalue weighted by molar-refractivity contribution is 9.10. The minimum atomic E-state index is -0.493. The molecule has 4 atom stereocenters. The van der Waals surface area contributed by atoms with Gasteiger partial charge in [0.1, 0.15) is 6.10 Å². The molecule has 1 aromatic carbocycles. The number of carbonyl (C=O) groups is 2. The van der Waals surface area contributed by atoms with E-state index in [-0.39, 0.29) is 29.5 Å². The number of amides is 1. The zero-order valence-electron chi connectivity index (χ0n) is 15.3. The maximum Gasteiger partial charge on any atom is 0.296 e.